The third kappa shape index (κ3) is 3.80. The Kier molecular flexibility index (Phi) is 5.59. The summed E-state index contributed by atoms with van der Waals surface area (Å²) in [6.45, 7) is 2.20. The van der Waals surface area contributed by atoms with Gasteiger partial charge < -0.3 is 4.57 Å². The molecule has 0 saturated heterocycles. The maximum absolute atomic E-state index is 13.2. The van der Waals surface area contributed by atoms with Gasteiger partial charge in [0.1, 0.15) is 6.54 Å². The van der Waals surface area contributed by atoms with E-state index in [0.717, 1.165) is 44.3 Å². The van der Waals surface area contributed by atoms with Crippen molar-refractivity contribution in [2.45, 2.75) is 13.5 Å². The first-order valence-corrected chi connectivity index (χ1v) is 10.9. The highest BCUT2D eigenvalue weighted by Crippen LogP contribution is 2.26. The maximum atomic E-state index is 13.2. The number of para-hydroxylation sites is 2. The molecule has 1 amide bonds. The number of nitriles is 1. The number of carbonyl (C=O) groups is 1. The van der Waals surface area contributed by atoms with Crippen molar-refractivity contribution in [3.8, 4) is 17.3 Å². The molecule has 5 aromatic rings. The minimum Gasteiger partial charge on any atom is -0.330 e. The first kappa shape index (κ1) is 21.1. The normalized spacial score (nSPS) is 11.2. The summed E-state index contributed by atoms with van der Waals surface area (Å²) in [6, 6.07) is 29.2. The fraction of sp³-hybridized carbons (Fsp3) is 0.0714. The molecule has 164 valence electrons. The van der Waals surface area contributed by atoms with E-state index in [2.05, 4.69) is 16.6 Å². The Hall–Kier alpha value is -4.76. The van der Waals surface area contributed by atoms with E-state index >= 15 is 0 Å². The molecule has 2 aromatic heterocycles. The van der Waals surface area contributed by atoms with Crippen molar-refractivity contribution >= 4 is 33.9 Å². The predicted octanol–water partition coefficient (Wildman–Crippen LogP) is 5.45. The number of nitrogens with zero attached hydrogens (tertiary/aromatic N) is 4. The highest BCUT2D eigenvalue weighted by atomic mass is 16.2. The summed E-state index contributed by atoms with van der Waals surface area (Å²) in [5.74, 6) is -0.314. The van der Waals surface area contributed by atoms with Crippen LogP contribution >= 0.6 is 0 Å². The van der Waals surface area contributed by atoms with Gasteiger partial charge in [0.2, 0.25) is 0 Å². The van der Waals surface area contributed by atoms with E-state index in [-0.39, 0.29) is 12.5 Å². The maximum Gasteiger partial charge on any atom is 0.272 e. The van der Waals surface area contributed by atoms with E-state index in [1.54, 1.807) is 12.3 Å². The molecule has 0 atom stereocenters. The van der Waals surface area contributed by atoms with Crippen LogP contribution in [0.3, 0.4) is 0 Å². The van der Waals surface area contributed by atoms with Gasteiger partial charge in [-0.25, -0.2) is 10.4 Å². The molecule has 0 unspecified atom stereocenters. The zero-order valence-corrected chi connectivity index (χ0v) is 18.6. The molecule has 2 heterocycles. The van der Waals surface area contributed by atoms with Crippen molar-refractivity contribution in [3.63, 3.8) is 0 Å². The molecule has 34 heavy (non-hydrogen) atoms. The molecule has 5 rings (SSSR count). The SMILES string of the molecule is Cc1c(/C=N\NC(=O)c2cc(-c3ccccc3)nc3ccccc23)c2ccccc2n1CC#N. The molecule has 0 aliphatic carbocycles. The standard InChI is InChI=1S/C28H21N5O/c1-19-24(22-12-6-8-14-27(22)33(19)16-15-29)18-30-32-28(34)23-17-26(20-9-3-2-4-10-20)31-25-13-7-5-11-21(23)25/h2-14,17-18H,16H2,1H3,(H,32,34)/b30-18-. The molecule has 3 aromatic carbocycles. The largest absolute Gasteiger partial charge is 0.330 e. The second-order valence-corrected chi connectivity index (χ2v) is 7.90. The molecule has 6 heteroatoms. The van der Waals surface area contributed by atoms with Crippen LogP contribution in [0, 0.1) is 18.3 Å². The molecule has 6 nitrogen and oxygen atoms in total. The zero-order valence-electron chi connectivity index (χ0n) is 18.6. The topological polar surface area (TPSA) is 83.1 Å². The van der Waals surface area contributed by atoms with Crippen LogP contribution in [0.4, 0.5) is 0 Å². The summed E-state index contributed by atoms with van der Waals surface area (Å²) < 4.78 is 1.95. The van der Waals surface area contributed by atoms with Crippen LogP contribution in [0.2, 0.25) is 0 Å². The van der Waals surface area contributed by atoms with Gasteiger partial charge in [-0.3, -0.25) is 4.79 Å². The van der Waals surface area contributed by atoms with Gasteiger partial charge in [-0.1, -0.05) is 66.7 Å². The van der Waals surface area contributed by atoms with E-state index < -0.39 is 0 Å². The third-order valence-corrected chi connectivity index (χ3v) is 5.90. The molecule has 0 fully saturated rings. The summed E-state index contributed by atoms with van der Waals surface area (Å²) >= 11 is 0. The molecule has 0 bridgehead atoms. The lowest BCUT2D eigenvalue weighted by atomic mass is 10.0. The monoisotopic (exact) mass is 443 g/mol. The zero-order chi connectivity index (χ0) is 23.5. The third-order valence-electron chi connectivity index (χ3n) is 5.90. The Balaban J connectivity index is 1.50. The quantitative estimate of drug-likeness (QED) is 0.289. The fourth-order valence-electron chi connectivity index (χ4n) is 4.23. The van der Waals surface area contributed by atoms with Crippen molar-refractivity contribution in [1.29, 1.82) is 5.26 Å². The lowest BCUT2D eigenvalue weighted by Crippen LogP contribution is -2.18. The lowest BCUT2D eigenvalue weighted by molar-refractivity contribution is 0.0956. The van der Waals surface area contributed by atoms with Gasteiger partial charge in [0.15, 0.2) is 0 Å². The summed E-state index contributed by atoms with van der Waals surface area (Å²) in [6.07, 6.45) is 1.64. The van der Waals surface area contributed by atoms with Crippen molar-refractivity contribution in [3.05, 3.63) is 102 Å². The number of hydrazone groups is 1. The molecule has 1 N–H and O–H groups in total. The number of aromatic nitrogens is 2. The van der Waals surface area contributed by atoms with Crippen LogP contribution in [0.15, 0.2) is 90.0 Å². The second-order valence-electron chi connectivity index (χ2n) is 7.90. The molecule has 0 aliphatic rings. The van der Waals surface area contributed by atoms with Crippen LogP contribution in [0.1, 0.15) is 21.6 Å². The summed E-state index contributed by atoms with van der Waals surface area (Å²) in [5, 5.41) is 15.2. The van der Waals surface area contributed by atoms with Crippen molar-refractivity contribution in [2.75, 3.05) is 0 Å². The number of pyridine rings is 1. The van der Waals surface area contributed by atoms with Gasteiger partial charge in [0.25, 0.3) is 5.91 Å². The summed E-state index contributed by atoms with van der Waals surface area (Å²) in [7, 11) is 0. The average Bonchev–Trinajstić information content (AvgIpc) is 3.15. The molecule has 0 spiro atoms. The minimum atomic E-state index is -0.314. The van der Waals surface area contributed by atoms with Gasteiger partial charge in [-0.05, 0) is 25.1 Å². The van der Waals surface area contributed by atoms with Crippen molar-refractivity contribution < 1.29 is 4.79 Å². The van der Waals surface area contributed by atoms with Crippen LogP contribution in [-0.4, -0.2) is 21.7 Å². The number of carbonyl (C=O) groups excluding carboxylic acids is 1. The van der Waals surface area contributed by atoms with Crippen LogP contribution < -0.4 is 5.43 Å². The van der Waals surface area contributed by atoms with Gasteiger partial charge in [0.05, 0.1) is 29.1 Å². The molecular formula is C28H21N5O. The Bertz CT molecular complexity index is 1590. The van der Waals surface area contributed by atoms with Gasteiger partial charge in [-0.2, -0.15) is 10.4 Å². The number of benzene rings is 3. The Morgan fingerprint density at radius 2 is 1.74 bits per heavy atom. The molecule has 0 saturated carbocycles. The van der Waals surface area contributed by atoms with E-state index in [4.69, 9.17) is 4.98 Å². The number of fused-ring (bicyclic) bond motifs is 2. The van der Waals surface area contributed by atoms with Gasteiger partial charge >= 0.3 is 0 Å². The lowest BCUT2D eigenvalue weighted by Gasteiger charge is -2.09. The Labute approximate surface area is 196 Å². The van der Waals surface area contributed by atoms with Crippen LogP contribution in [-0.2, 0) is 6.54 Å². The van der Waals surface area contributed by atoms with E-state index in [0.29, 0.717) is 5.56 Å². The number of nitrogens with one attached hydrogen (secondary N) is 1. The highest BCUT2D eigenvalue weighted by Gasteiger charge is 2.15. The van der Waals surface area contributed by atoms with Crippen LogP contribution in [0.5, 0.6) is 0 Å². The number of rotatable bonds is 5. The number of hydrogen-bond donors (Lipinski definition) is 1. The number of amides is 1. The summed E-state index contributed by atoms with van der Waals surface area (Å²) in [4.78, 5) is 17.9. The Morgan fingerprint density at radius 1 is 1.03 bits per heavy atom. The molecule has 0 radical (unpaired) electrons. The second kappa shape index (κ2) is 9.00. The minimum absolute atomic E-state index is 0.248. The smallest absolute Gasteiger partial charge is 0.272 e. The van der Waals surface area contributed by atoms with E-state index in [1.165, 1.54) is 0 Å². The average molecular weight is 444 g/mol. The van der Waals surface area contributed by atoms with E-state index in [1.807, 2.05) is 90.4 Å². The van der Waals surface area contributed by atoms with Crippen molar-refractivity contribution in [2.24, 2.45) is 5.10 Å². The van der Waals surface area contributed by atoms with E-state index in [9.17, 15) is 10.1 Å². The first-order valence-electron chi connectivity index (χ1n) is 10.9. The number of hydrogen-bond acceptors (Lipinski definition) is 4. The Morgan fingerprint density at radius 3 is 2.53 bits per heavy atom. The summed E-state index contributed by atoms with van der Waals surface area (Å²) in [5.41, 5.74) is 8.34. The van der Waals surface area contributed by atoms with Gasteiger partial charge in [0, 0.05) is 33.1 Å². The van der Waals surface area contributed by atoms with Gasteiger partial charge in [-0.15, -0.1) is 0 Å². The molecule has 0 aliphatic heterocycles. The predicted molar refractivity (Wildman–Crippen MR) is 135 cm³/mol. The van der Waals surface area contributed by atoms with Crippen LogP contribution in [0.25, 0.3) is 33.1 Å². The first-order chi connectivity index (χ1) is 16.7. The molecular weight excluding hydrogens is 422 g/mol. The van der Waals surface area contributed by atoms with Crippen molar-refractivity contribution in [1.82, 2.24) is 15.0 Å². The highest BCUT2D eigenvalue weighted by molar-refractivity contribution is 6.08. The fourth-order valence-corrected chi connectivity index (χ4v) is 4.23.